The summed E-state index contributed by atoms with van der Waals surface area (Å²) in [5, 5.41) is 3.56. The van der Waals surface area contributed by atoms with Gasteiger partial charge < -0.3 is 19.9 Å². The van der Waals surface area contributed by atoms with Gasteiger partial charge in [-0.05, 0) is 32.6 Å². The first-order valence-corrected chi connectivity index (χ1v) is 6.90. The largest absolute Gasteiger partial charge is 0.497 e. The minimum absolute atomic E-state index is 0.501. The van der Waals surface area contributed by atoms with Crippen LogP contribution in [0.15, 0.2) is 18.2 Å². The van der Waals surface area contributed by atoms with Crippen LogP contribution in [0.5, 0.6) is 5.75 Å². The van der Waals surface area contributed by atoms with E-state index in [2.05, 4.69) is 48.3 Å². The Morgan fingerprint density at radius 3 is 2.89 bits per heavy atom. The average molecular weight is 263 g/mol. The summed E-state index contributed by atoms with van der Waals surface area (Å²) in [6.07, 6.45) is 0. The molecule has 4 heteroatoms. The number of nitrogens with zero attached hydrogens (tertiary/aromatic N) is 2. The first kappa shape index (κ1) is 14.2. The van der Waals surface area contributed by atoms with Crippen LogP contribution in [0.2, 0.25) is 0 Å². The van der Waals surface area contributed by atoms with E-state index in [1.54, 1.807) is 7.11 Å². The first-order chi connectivity index (χ1) is 9.10. The van der Waals surface area contributed by atoms with Crippen LogP contribution in [-0.2, 0) is 6.54 Å². The monoisotopic (exact) mass is 263 g/mol. The number of rotatable bonds is 4. The molecule has 1 heterocycles. The Labute approximate surface area is 116 Å². The summed E-state index contributed by atoms with van der Waals surface area (Å²) < 4.78 is 5.36. The third-order valence-electron chi connectivity index (χ3n) is 3.59. The average Bonchev–Trinajstić information content (AvgIpc) is 2.55. The Hall–Kier alpha value is -1.26. The van der Waals surface area contributed by atoms with E-state index in [9.17, 15) is 0 Å². The molecule has 0 saturated heterocycles. The lowest BCUT2D eigenvalue weighted by molar-refractivity contribution is 0.408. The van der Waals surface area contributed by atoms with Gasteiger partial charge in [-0.15, -0.1) is 0 Å². The summed E-state index contributed by atoms with van der Waals surface area (Å²) in [5.41, 5.74) is 2.65. The first-order valence-electron chi connectivity index (χ1n) is 6.90. The topological polar surface area (TPSA) is 27.7 Å². The van der Waals surface area contributed by atoms with Crippen LogP contribution in [0.3, 0.4) is 0 Å². The van der Waals surface area contributed by atoms with E-state index in [1.807, 2.05) is 6.07 Å². The highest BCUT2D eigenvalue weighted by molar-refractivity contribution is 5.58. The highest BCUT2D eigenvalue weighted by atomic mass is 16.5. The number of methoxy groups -OCH3 is 1. The minimum Gasteiger partial charge on any atom is -0.497 e. The van der Waals surface area contributed by atoms with Crippen molar-refractivity contribution in [2.45, 2.75) is 19.5 Å². The van der Waals surface area contributed by atoms with Gasteiger partial charge in [-0.25, -0.2) is 0 Å². The minimum atomic E-state index is 0.501. The predicted molar refractivity (Wildman–Crippen MR) is 80.1 cm³/mol. The second-order valence-corrected chi connectivity index (χ2v) is 5.53. The molecule has 0 bridgehead atoms. The normalized spacial score (nSPS) is 19.2. The third kappa shape index (κ3) is 3.61. The Morgan fingerprint density at radius 1 is 1.42 bits per heavy atom. The maximum atomic E-state index is 5.36. The molecule has 1 unspecified atom stereocenters. The number of hydrogen-bond donors (Lipinski definition) is 1. The van der Waals surface area contributed by atoms with Crippen molar-refractivity contribution in [3.05, 3.63) is 23.8 Å². The van der Waals surface area contributed by atoms with Crippen molar-refractivity contribution in [3.63, 3.8) is 0 Å². The fourth-order valence-corrected chi connectivity index (χ4v) is 2.42. The number of ether oxygens (including phenoxy) is 1. The Kier molecular flexibility index (Phi) is 4.66. The predicted octanol–water partition coefficient (Wildman–Crippen LogP) is 1.55. The number of hydrogen-bond acceptors (Lipinski definition) is 4. The summed E-state index contributed by atoms with van der Waals surface area (Å²) in [4.78, 5) is 4.69. The lowest BCUT2D eigenvalue weighted by Crippen LogP contribution is -2.39. The third-order valence-corrected chi connectivity index (χ3v) is 3.59. The lowest BCUT2D eigenvalue weighted by Gasteiger charge is -2.28. The van der Waals surface area contributed by atoms with Gasteiger partial charge in [0.2, 0.25) is 0 Å². The molecular weight excluding hydrogens is 238 g/mol. The van der Waals surface area contributed by atoms with Gasteiger partial charge in [-0.3, -0.25) is 0 Å². The molecule has 0 spiro atoms. The van der Waals surface area contributed by atoms with E-state index in [1.165, 1.54) is 11.3 Å². The maximum Gasteiger partial charge on any atom is 0.120 e. The number of fused-ring (bicyclic) bond motifs is 1. The quantitative estimate of drug-likeness (QED) is 0.892. The van der Waals surface area contributed by atoms with Gasteiger partial charge in [0.25, 0.3) is 0 Å². The van der Waals surface area contributed by atoms with Crippen LogP contribution in [0, 0.1) is 0 Å². The van der Waals surface area contributed by atoms with E-state index in [-0.39, 0.29) is 0 Å². The van der Waals surface area contributed by atoms with E-state index >= 15 is 0 Å². The molecular formula is C15H25N3O. The summed E-state index contributed by atoms with van der Waals surface area (Å²) in [7, 11) is 5.96. The van der Waals surface area contributed by atoms with Crippen molar-refractivity contribution in [1.29, 1.82) is 0 Å². The van der Waals surface area contributed by atoms with Gasteiger partial charge in [-0.2, -0.15) is 0 Å². The van der Waals surface area contributed by atoms with Gasteiger partial charge in [0, 0.05) is 44.0 Å². The van der Waals surface area contributed by atoms with Crippen molar-refractivity contribution in [3.8, 4) is 5.75 Å². The molecule has 0 amide bonds. The fourth-order valence-electron chi connectivity index (χ4n) is 2.42. The Balaban J connectivity index is 2.25. The second-order valence-electron chi connectivity index (χ2n) is 5.53. The van der Waals surface area contributed by atoms with E-state index in [4.69, 9.17) is 4.74 Å². The standard InChI is InChI=1S/C15H25N3O/c1-12-11-18(8-7-17(2)3)15-9-14(19-4)6-5-13(15)10-16-12/h5-6,9,12,16H,7-8,10-11H2,1-4H3. The van der Waals surface area contributed by atoms with Crippen LogP contribution in [0.1, 0.15) is 12.5 Å². The zero-order valence-electron chi connectivity index (χ0n) is 12.4. The molecule has 0 saturated carbocycles. The van der Waals surface area contributed by atoms with Crippen LogP contribution >= 0.6 is 0 Å². The molecule has 2 rings (SSSR count). The van der Waals surface area contributed by atoms with Crippen LogP contribution < -0.4 is 15.0 Å². The highest BCUT2D eigenvalue weighted by Crippen LogP contribution is 2.28. The van der Waals surface area contributed by atoms with E-state index in [0.29, 0.717) is 6.04 Å². The van der Waals surface area contributed by atoms with Crippen LogP contribution in [0.25, 0.3) is 0 Å². The summed E-state index contributed by atoms with van der Waals surface area (Å²) in [6.45, 7) is 6.31. The van der Waals surface area contributed by atoms with Gasteiger partial charge in [0.1, 0.15) is 5.75 Å². The van der Waals surface area contributed by atoms with Crippen molar-refractivity contribution >= 4 is 5.69 Å². The maximum absolute atomic E-state index is 5.36. The summed E-state index contributed by atoms with van der Waals surface area (Å²) in [5.74, 6) is 0.933. The summed E-state index contributed by atoms with van der Waals surface area (Å²) >= 11 is 0. The smallest absolute Gasteiger partial charge is 0.120 e. The number of anilines is 1. The summed E-state index contributed by atoms with van der Waals surface area (Å²) in [6, 6.07) is 6.87. The number of likely N-dealkylation sites (N-methyl/N-ethyl adjacent to an activating group) is 1. The number of nitrogens with one attached hydrogen (secondary N) is 1. The molecule has 1 N–H and O–H groups in total. The van der Waals surface area contributed by atoms with Gasteiger partial charge in [0.15, 0.2) is 0 Å². The van der Waals surface area contributed by atoms with Gasteiger partial charge >= 0.3 is 0 Å². The van der Waals surface area contributed by atoms with Crippen molar-refractivity contribution < 1.29 is 4.74 Å². The molecule has 1 aromatic rings. The molecule has 0 radical (unpaired) electrons. The lowest BCUT2D eigenvalue weighted by atomic mass is 10.1. The molecule has 0 aliphatic carbocycles. The molecule has 0 fully saturated rings. The molecule has 1 aromatic carbocycles. The van der Waals surface area contributed by atoms with Gasteiger partial charge in [-0.1, -0.05) is 6.07 Å². The molecule has 1 aliphatic rings. The van der Waals surface area contributed by atoms with Gasteiger partial charge in [0.05, 0.1) is 7.11 Å². The zero-order chi connectivity index (χ0) is 13.8. The SMILES string of the molecule is COc1ccc2c(c1)N(CCN(C)C)CC(C)NC2. The molecule has 4 nitrogen and oxygen atoms in total. The molecule has 1 aliphatic heterocycles. The Bertz CT molecular complexity index is 420. The van der Waals surface area contributed by atoms with Crippen LogP contribution in [0.4, 0.5) is 5.69 Å². The Morgan fingerprint density at radius 2 is 2.21 bits per heavy atom. The number of benzene rings is 1. The molecule has 0 aromatic heterocycles. The van der Waals surface area contributed by atoms with Crippen molar-refractivity contribution in [2.24, 2.45) is 0 Å². The zero-order valence-corrected chi connectivity index (χ0v) is 12.4. The molecule has 19 heavy (non-hydrogen) atoms. The van der Waals surface area contributed by atoms with E-state index in [0.717, 1.165) is 31.9 Å². The van der Waals surface area contributed by atoms with Crippen molar-refractivity contribution in [1.82, 2.24) is 10.2 Å². The molecule has 106 valence electrons. The molecule has 1 atom stereocenters. The fraction of sp³-hybridized carbons (Fsp3) is 0.600. The van der Waals surface area contributed by atoms with Crippen LogP contribution in [-0.4, -0.2) is 51.8 Å². The van der Waals surface area contributed by atoms with Crippen molar-refractivity contribution in [2.75, 3.05) is 45.7 Å². The second kappa shape index (κ2) is 6.26. The highest BCUT2D eigenvalue weighted by Gasteiger charge is 2.19. The van der Waals surface area contributed by atoms with E-state index < -0.39 is 0 Å².